The molecule has 1 aromatic carbocycles. The van der Waals surface area contributed by atoms with Gasteiger partial charge in [0.1, 0.15) is 5.75 Å². The molecule has 0 aromatic heterocycles. The average molecular weight is 375 g/mol. The smallest absolute Gasteiger partial charge is 0.224 e. The van der Waals surface area contributed by atoms with E-state index in [1.807, 2.05) is 30.0 Å². The fourth-order valence-corrected chi connectivity index (χ4v) is 3.40. The Labute approximate surface area is 163 Å². The summed E-state index contributed by atoms with van der Waals surface area (Å²) in [5, 5.41) is 6.58. The second-order valence-corrected chi connectivity index (χ2v) is 7.09. The van der Waals surface area contributed by atoms with Crippen LogP contribution in [0.2, 0.25) is 0 Å². The predicted octanol–water partition coefficient (Wildman–Crippen LogP) is 2.44. The molecular formula is C21H34N4O2. The summed E-state index contributed by atoms with van der Waals surface area (Å²) in [6.45, 7) is 8.09. The third-order valence-corrected chi connectivity index (χ3v) is 4.83. The van der Waals surface area contributed by atoms with E-state index in [1.54, 1.807) is 7.11 Å². The minimum atomic E-state index is 0.218. The number of para-hydroxylation sites is 1. The van der Waals surface area contributed by atoms with Crippen molar-refractivity contribution >= 4 is 11.9 Å². The van der Waals surface area contributed by atoms with Crippen LogP contribution in [-0.4, -0.2) is 56.6 Å². The van der Waals surface area contributed by atoms with Crippen LogP contribution < -0.4 is 15.4 Å². The SMILES string of the molecule is CCNC(=NCCC(=O)N1CCCC(C)C1)NCCc1ccccc1OC. The molecule has 0 radical (unpaired) electrons. The number of guanidine groups is 1. The van der Waals surface area contributed by atoms with Crippen molar-refractivity contribution in [1.82, 2.24) is 15.5 Å². The molecule has 1 amide bonds. The Balaban J connectivity index is 1.78. The van der Waals surface area contributed by atoms with Crippen molar-refractivity contribution in [2.75, 3.05) is 39.8 Å². The maximum absolute atomic E-state index is 12.4. The molecule has 6 heteroatoms. The first-order valence-corrected chi connectivity index (χ1v) is 10.1. The number of methoxy groups -OCH3 is 1. The number of carbonyl (C=O) groups is 1. The number of rotatable bonds is 8. The van der Waals surface area contributed by atoms with Gasteiger partial charge in [-0.05, 0) is 43.7 Å². The van der Waals surface area contributed by atoms with Crippen LogP contribution in [0.15, 0.2) is 29.3 Å². The number of nitrogens with zero attached hydrogens (tertiary/aromatic N) is 2. The molecule has 1 fully saturated rings. The maximum Gasteiger partial charge on any atom is 0.224 e. The molecule has 0 aliphatic carbocycles. The zero-order chi connectivity index (χ0) is 19.5. The van der Waals surface area contributed by atoms with E-state index in [-0.39, 0.29) is 5.91 Å². The van der Waals surface area contributed by atoms with Gasteiger partial charge in [0.25, 0.3) is 0 Å². The molecule has 6 nitrogen and oxygen atoms in total. The lowest BCUT2D eigenvalue weighted by Gasteiger charge is -2.30. The van der Waals surface area contributed by atoms with Gasteiger partial charge in [-0.15, -0.1) is 0 Å². The van der Waals surface area contributed by atoms with Gasteiger partial charge in [-0.1, -0.05) is 25.1 Å². The van der Waals surface area contributed by atoms with Crippen molar-refractivity contribution in [2.24, 2.45) is 10.9 Å². The number of benzene rings is 1. The van der Waals surface area contributed by atoms with Gasteiger partial charge in [0.15, 0.2) is 5.96 Å². The van der Waals surface area contributed by atoms with Crippen molar-refractivity contribution in [3.63, 3.8) is 0 Å². The van der Waals surface area contributed by atoms with Gasteiger partial charge in [-0.3, -0.25) is 9.79 Å². The number of piperidine rings is 1. The van der Waals surface area contributed by atoms with Gasteiger partial charge in [0.2, 0.25) is 5.91 Å². The van der Waals surface area contributed by atoms with E-state index in [0.717, 1.165) is 56.3 Å². The fourth-order valence-electron chi connectivity index (χ4n) is 3.40. The Morgan fingerprint density at radius 1 is 1.33 bits per heavy atom. The quantitative estimate of drug-likeness (QED) is 0.542. The lowest BCUT2D eigenvalue weighted by molar-refractivity contribution is -0.132. The van der Waals surface area contributed by atoms with Crippen LogP contribution in [0.3, 0.4) is 0 Å². The van der Waals surface area contributed by atoms with Gasteiger partial charge < -0.3 is 20.3 Å². The molecule has 2 N–H and O–H groups in total. The van der Waals surface area contributed by atoms with Crippen molar-refractivity contribution in [1.29, 1.82) is 0 Å². The number of amides is 1. The number of carbonyl (C=O) groups excluding carboxylic acids is 1. The van der Waals surface area contributed by atoms with Crippen LogP contribution >= 0.6 is 0 Å². The monoisotopic (exact) mass is 374 g/mol. The lowest BCUT2D eigenvalue weighted by atomic mass is 10.00. The molecule has 1 aliphatic rings. The van der Waals surface area contributed by atoms with Crippen LogP contribution in [0.25, 0.3) is 0 Å². The molecule has 1 aliphatic heterocycles. The summed E-state index contributed by atoms with van der Waals surface area (Å²) in [5.74, 6) is 2.49. The largest absolute Gasteiger partial charge is 0.496 e. The van der Waals surface area contributed by atoms with Gasteiger partial charge in [0, 0.05) is 32.6 Å². The molecule has 27 heavy (non-hydrogen) atoms. The van der Waals surface area contributed by atoms with E-state index in [2.05, 4.69) is 28.6 Å². The van der Waals surface area contributed by atoms with Crippen LogP contribution in [0.4, 0.5) is 0 Å². The predicted molar refractivity (Wildman–Crippen MR) is 110 cm³/mol. The highest BCUT2D eigenvalue weighted by atomic mass is 16.5. The highest BCUT2D eigenvalue weighted by molar-refractivity contribution is 5.80. The van der Waals surface area contributed by atoms with Gasteiger partial charge in [-0.25, -0.2) is 0 Å². The Bertz CT molecular complexity index is 618. The van der Waals surface area contributed by atoms with Crippen LogP contribution in [-0.2, 0) is 11.2 Å². The summed E-state index contributed by atoms with van der Waals surface area (Å²) >= 11 is 0. The number of likely N-dealkylation sites (tertiary alicyclic amines) is 1. The van der Waals surface area contributed by atoms with E-state index in [0.29, 0.717) is 18.9 Å². The Morgan fingerprint density at radius 2 is 2.15 bits per heavy atom. The standard InChI is InChI=1S/C21H34N4O2/c1-4-22-21(23-13-11-18-9-5-6-10-19(18)27-3)24-14-12-20(26)25-15-7-8-17(2)16-25/h5-6,9-10,17H,4,7-8,11-16H2,1-3H3,(H2,22,23,24). The average Bonchev–Trinajstić information content (AvgIpc) is 2.68. The summed E-state index contributed by atoms with van der Waals surface area (Å²) in [4.78, 5) is 18.9. The van der Waals surface area contributed by atoms with Crippen molar-refractivity contribution < 1.29 is 9.53 Å². The summed E-state index contributed by atoms with van der Waals surface area (Å²) in [7, 11) is 1.69. The van der Waals surface area contributed by atoms with Gasteiger partial charge in [0.05, 0.1) is 13.7 Å². The number of ether oxygens (including phenoxy) is 1. The summed E-state index contributed by atoms with van der Waals surface area (Å²) in [6, 6.07) is 8.04. The first-order chi connectivity index (χ1) is 13.1. The second-order valence-electron chi connectivity index (χ2n) is 7.09. The third kappa shape index (κ3) is 7.12. The first-order valence-electron chi connectivity index (χ1n) is 10.1. The van der Waals surface area contributed by atoms with Crippen LogP contribution in [0.1, 0.15) is 38.7 Å². The normalized spacial score (nSPS) is 17.5. The number of nitrogens with one attached hydrogen (secondary N) is 2. The van der Waals surface area contributed by atoms with E-state index >= 15 is 0 Å². The summed E-state index contributed by atoms with van der Waals surface area (Å²) < 4.78 is 5.39. The molecule has 0 saturated carbocycles. The number of hydrogen-bond acceptors (Lipinski definition) is 3. The minimum Gasteiger partial charge on any atom is -0.496 e. The molecule has 1 aromatic rings. The first kappa shape index (κ1) is 21.1. The highest BCUT2D eigenvalue weighted by Crippen LogP contribution is 2.17. The van der Waals surface area contributed by atoms with Crippen molar-refractivity contribution in [2.45, 2.75) is 39.5 Å². The minimum absolute atomic E-state index is 0.218. The molecular weight excluding hydrogens is 340 g/mol. The molecule has 0 bridgehead atoms. The maximum atomic E-state index is 12.4. The van der Waals surface area contributed by atoms with E-state index < -0.39 is 0 Å². The Hall–Kier alpha value is -2.24. The topological polar surface area (TPSA) is 66.0 Å². The number of aliphatic imine (C=N–C) groups is 1. The van der Waals surface area contributed by atoms with Crippen molar-refractivity contribution in [3.8, 4) is 5.75 Å². The highest BCUT2D eigenvalue weighted by Gasteiger charge is 2.20. The molecule has 1 atom stereocenters. The number of hydrogen-bond donors (Lipinski definition) is 2. The summed E-state index contributed by atoms with van der Waals surface area (Å²) in [5.41, 5.74) is 1.16. The van der Waals surface area contributed by atoms with E-state index in [4.69, 9.17) is 4.74 Å². The molecule has 0 spiro atoms. The zero-order valence-electron chi connectivity index (χ0n) is 17.0. The Kier molecular flexibility index (Phi) is 8.95. The lowest BCUT2D eigenvalue weighted by Crippen LogP contribution is -2.40. The molecule has 150 valence electrons. The van der Waals surface area contributed by atoms with Crippen LogP contribution in [0.5, 0.6) is 5.75 Å². The van der Waals surface area contributed by atoms with Crippen LogP contribution in [0, 0.1) is 5.92 Å². The summed E-state index contributed by atoms with van der Waals surface area (Å²) in [6.07, 6.45) is 3.65. The van der Waals surface area contributed by atoms with Gasteiger partial charge in [-0.2, -0.15) is 0 Å². The Morgan fingerprint density at radius 3 is 2.89 bits per heavy atom. The van der Waals surface area contributed by atoms with E-state index in [9.17, 15) is 4.79 Å². The zero-order valence-corrected chi connectivity index (χ0v) is 17.0. The third-order valence-electron chi connectivity index (χ3n) is 4.83. The second kappa shape index (κ2) is 11.5. The van der Waals surface area contributed by atoms with Gasteiger partial charge >= 0.3 is 0 Å². The van der Waals surface area contributed by atoms with E-state index in [1.165, 1.54) is 6.42 Å². The molecule has 1 unspecified atom stereocenters. The fraction of sp³-hybridized carbons (Fsp3) is 0.619. The molecule has 1 heterocycles. The molecule has 2 rings (SSSR count). The molecule has 1 saturated heterocycles. The van der Waals surface area contributed by atoms with Crippen molar-refractivity contribution in [3.05, 3.63) is 29.8 Å².